The highest BCUT2D eigenvalue weighted by Crippen LogP contribution is 2.25. The summed E-state index contributed by atoms with van der Waals surface area (Å²) in [6.07, 6.45) is 0. The van der Waals surface area contributed by atoms with Gasteiger partial charge >= 0.3 is 0 Å². The van der Waals surface area contributed by atoms with Gasteiger partial charge in [0.25, 0.3) is 0 Å². The molecule has 24 heavy (non-hydrogen) atoms. The van der Waals surface area contributed by atoms with Crippen LogP contribution >= 0.6 is 11.8 Å². The van der Waals surface area contributed by atoms with Gasteiger partial charge in [-0.05, 0) is 62.7 Å². The molecule has 1 aromatic carbocycles. The van der Waals surface area contributed by atoms with Gasteiger partial charge < -0.3 is 5.32 Å². The Hall–Kier alpha value is -1.96. The zero-order valence-electron chi connectivity index (χ0n) is 14.4. The third-order valence-corrected chi connectivity index (χ3v) is 4.49. The van der Waals surface area contributed by atoms with E-state index >= 15 is 0 Å². The van der Waals surface area contributed by atoms with Gasteiger partial charge in [-0.15, -0.1) is 5.10 Å². The Bertz CT molecular complexity index is 695. The van der Waals surface area contributed by atoms with Crippen molar-refractivity contribution in [3.05, 3.63) is 35.6 Å². The number of aromatic nitrogens is 4. The van der Waals surface area contributed by atoms with E-state index in [2.05, 4.69) is 20.8 Å². The van der Waals surface area contributed by atoms with Crippen molar-refractivity contribution in [2.75, 3.05) is 0 Å². The van der Waals surface area contributed by atoms with Crippen LogP contribution in [-0.2, 0) is 10.3 Å². The van der Waals surface area contributed by atoms with Crippen molar-refractivity contribution in [2.24, 2.45) is 0 Å². The van der Waals surface area contributed by atoms with E-state index in [9.17, 15) is 9.18 Å². The second-order valence-electron chi connectivity index (χ2n) is 6.59. The maximum atomic E-state index is 13.0. The van der Waals surface area contributed by atoms with Crippen LogP contribution in [0.25, 0.3) is 0 Å². The Labute approximate surface area is 145 Å². The summed E-state index contributed by atoms with van der Waals surface area (Å²) in [7, 11) is 0. The number of carbonyl (C=O) groups excluding carboxylic acids is 1. The molecule has 0 unspecified atom stereocenters. The van der Waals surface area contributed by atoms with E-state index in [1.807, 2.05) is 27.7 Å². The largest absolute Gasteiger partial charge is 0.349 e. The molecular weight excluding hydrogens is 329 g/mol. The van der Waals surface area contributed by atoms with Crippen LogP contribution in [0.5, 0.6) is 0 Å². The standard InChI is InChI=1S/C16H22FN5OS/c1-10(12-6-8-13(17)9-7-12)18-14(23)11(2)24-15-19-20-21-22(15)16(3,4)5/h6-11H,1-5H3,(H,18,23)/t10-,11+/m0/s1. The number of halogens is 1. The van der Waals surface area contributed by atoms with Gasteiger partial charge in [-0.3, -0.25) is 4.79 Å². The summed E-state index contributed by atoms with van der Waals surface area (Å²) >= 11 is 1.31. The molecule has 0 spiro atoms. The van der Waals surface area contributed by atoms with E-state index in [-0.39, 0.29) is 28.6 Å². The number of nitrogens with one attached hydrogen (secondary N) is 1. The molecule has 0 aliphatic carbocycles. The number of benzene rings is 1. The van der Waals surface area contributed by atoms with Crippen LogP contribution in [0, 0.1) is 5.82 Å². The topological polar surface area (TPSA) is 72.7 Å². The second-order valence-corrected chi connectivity index (χ2v) is 7.89. The number of carbonyl (C=O) groups is 1. The van der Waals surface area contributed by atoms with Gasteiger partial charge in [-0.25, -0.2) is 9.07 Å². The molecule has 2 atom stereocenters. The normalized spacial score (nSPS) is 14.2. The molecule has 1 N–H and O–H groups in total. The third kappa shape index (κ3) is 4.53. The smallest absolute Gasteiger partial charge is 0.233 e. The lowest BCUT2D eigenvalue weighted by atomic mass is 10.1. The predicted octanol–water partition coefficient (Wildman–Crippen LogP) is 2.93. The average molecular weight is 351 g/mol. The van der Waals surface area contributed by atoms with Crippen molar-refractivity contribution < 1.29 is 9.18 Å². The molecule has 2 rings (SSSR count). The maximum absolute atomic E-state index is 13.0. The van der Waals surface area contributed by atoms with Gasteiger partial charge in [0.15, 0.2) is 0 Å². The summed E-state index contributed by atoms with van der Waals surface area (Å²) in [5, 5.41) is 14.8. The fraction of sp³-hybridized carbons (Fsp3) is 0.500. The minimum Gasteiger partial charge on any atom is -0.349 e. The summed E-state index contributed by atoms with van der Waals surface area (Å²) in [6.45, 7) is 9.65. The van der Waals surface area contributed by atoms with Crippen molar-refractivity contribution in [1.29, 1.82) is 0 Å². The Morgan fingerprint density at radius 3 is 2.46 bits per heavy atom. The van der Waals surface area contributed by atoms with E-state index in [0.29, 0.717) is 5.16 Å². The van der Waals surface area contributed by atoms with Crippen LogP contribution in [-0.4, -0.2) is 31.4 Å². The third-order valence-electron chi connectivity index (χ3n) is 3.46. The molecule has 1 aromatic heterocycles. The monoisotopic (exact) mass is 351 g/mol. The van der Waals surface area contributed by atoms with Crippen molar-refractivity contribution >= 4 is 17.7 Å². The van der Waals surface area contributed by atoms with E-state index in [4.69, 9.17) is 0 Å². The maximum Gasteiger partial charge on any atom is 0.233 e. The van der Waals surface area contributed by atoms with Crippen LogP contribution in [0.15, 0.2) is 29.4 Å². The Morgan fingerprint density at radius 2 is 1.88 bits per heavy atom. The fourth-order valence-corrected chi connectivity index (χ4v) is 3.04. The highest BCUT2D eigenvalue weighted by atomic mass is 32.2. The molecule has 130 valence electrons. The Kier molecular flexibility index (Phi) is 5.58. The lowest BCUT2D eigenvalue weighted by molar-refractivity contribution is -0.120. The number of hydrogen-bond acceptors (Lipinski definition) is 5. The molecule has 0 aliphatic rings. The fourth-order valence-electron chi connectivity index (χ4n) is 2.05. The second kappa shape index (κ2) is 7.29. The number of hydrogen-bond donors (Lipinski definition) is 1. The number of thioether (sulfide) groups is 1. The molecule has 0 radical (unpaired) electrons. The molecule has 8 heteroatoms. The minimum atomic E-state index is -0.361. The molecule has 1 heterocycles. The average Bonchev–Trinajstić information content (AvgIpc) is 2.96. The van der Waals surface area contributed by atoms with E-state index < -0.39 is 0 Å². The minimum absolute atomic E-state index is 0.125. The van der Waals surface area contributed by atoms with Crippen LogP contribution in [0.1, 0.15) is 46.2 Å². The van der Waals surface area contributed by atoms with E-state index in [1.165, 1.54) is 23.9 Å². The first-order valence-electron chi connectivity index (χ1n) is 7.70. The number of amides is 1. The van der Waals surface area contributed by atoms with Crippen LogP contribution in [0.2, 0.25) is 0 Å². The SMILES string of the molecule is C[C@H](NC(=O)[C@@H](C)Sc1nnnn1C(C)(C)C)c1ccc(F)cc1. The van der Waals surface area contributed by atoms with Crippen molar-refractivity contribution in [1.82, 2.24) is 25.5 Å². The zero-order valence-corrected chi connectivity index (χ0v) is 15.3. The van der Waals surface area contributed by atoms with Crippen molar-refractivity contribution in [3.8, 4) is 0 Å². The van der Waals surface area contributed by atoms with Gasteiger partial charge in [-0.2, -0.15) is 0 Å². The number of nitrogens with zero attached hydrogens (tertiary/aromatic N) is 4. The van der Waals surface area contributed by atoms with Gasteiger partial charge in [0.05, 0.1) is 16.8 Å². The van der Waals surface area contributed by atoms with E-state index in [0.717, 1.165) is 5.56 Å². The van der Waals surface area contributed by atoms with E-state index in [1.54, 1.807) is 23.7 Å². The van der Waals surface area contributed by atoms with Gasteiger partial charge in [0, 0.05) is 0 Å². The molecule has 0 saturated carbocycles. The Balaban J connectivity index is 2.00. The van der Waals surface area contributed by atoms with Gasteiger partial charge in [0.1, 0.15) is 5.82 Å². The summed E-state index contributed by atoms with van der Waals surface area (Å²) in [6, 6.07) is 5.89. The summed E-state index contributed by atoms with van der Waals surface area (Å²) in [5.41, 5.74) is 0.588. The number of rotatable bonds is 5. The van der Waals surface area contributed by atoms with Crippen LogP contribution in [0.3, 0.4) is 0 Å². The first-order valence-corrected chi connectivity index (χ1v) is 8.58. The molecule has 0 aliphatic heterocycles. The lowest BCUT2D eigenvalue weighted by Crippen LogP contribution is -2.33. The molecule has 6 nitrogen and oxygen atoms in total. The van der Waals surface area contributed by atoms with Crippen LogP contribution in [0.4, 0.5) is 4.39 Å². The van der Waals surface area contributed by atoms with Crippen molar-refractivity contribution in [2.45, 2.75) is 56.6 Å². The molecule has 0 saturated heterocycles. The summed E-state index contributed by atoms with van der Waals surface area (Å²) < 4.78 is 14.7. The molecule has 0 bridgehead atoms. The highest BCUT2D eigenvalue weighted by molar-refractivity contribution is 8.00. The van der Waals surface area contributed by atoms with Crippen molar-refractivity contribution in [3.63, 3.8) is 0 Å². The summed E-state index contributed by atoms with van der Waals surface area (Å²) in [4.78, 5) is 12.4. The highest BCUT2D eigenvalue weighted by Gasteiger charge is 2.24. The molecule has 1 amide bonds. The summed E-state index contributed by atoms with van der Waals surface area (Å²) in [5.74, 6) is -0.421. The van der Waals surface area contributed by atoms with Crippen LogP contribution < -0.4 is 5.32 Å². The predicted molar refractivity (Wildman–Crippen MR) is 91.1 cm³/mol. The van der Waals surface area contributed by atoms with Gasteiger partial charge in [0.2, 0.25) is 11.1 Å². The quantitative estimate of drug-likeness (QED) is 0.839. The molecule has 2 aromatic rings. The number of tetrazole rings is 1. The first-order chi connectivity index (χ1) is 11.2. The molecule has 0 fully saturated rings. The zero-order chi connectivity index (χ0) is 17.9. The molecular formula is C16H22FN5OS. The lowest BCUT2D eigenvalue weighted by Gasteiger charge is -2.21. The Morgan fingerprint density at radius 1 is 1.25 bits per heavy atom. The van der Waals surface area contributed by atoms with Gasteiger partial charge in [-0.1, -0.05) is 23.9 Å². The first kappa shape index (κ1) is 18.4.